The maximum absolute atomic E-state index is 11.8. The Hall–Kier alpha value is -1.09. The molecule has 104 valence electrons. The molecule has 1 aromatic carbocycles. The molecule has 6 nitrogen and oxygen atoms in total. The van der Waals surface area contributed by atoms with E-state index >= 15 is 0 Å². The lowest BCUT2D eigenvalue weighted by Gasteiger charge is -2.10. The molecule has 0 radical (unpaired) electrons. The summed E-state index contributed by atoms with van der Waals surface area (Å²) < 4.78 is 21.9. The molecule has 1 aliphatic heterocycles. The fourth-order valence-electron chi connectivity index (χ4n) is 1.71. The third-order valence-corrected chi connectivity index (χ3v) is 4.30. The lowest BCUT2D eigenvalue weighted by Crippen LogP contribution is -2.37. The summed E-state index contributed by atoms with van der Waals surface area (Å²) in [5, 5.41) is 10.8. The van der Waals surface area contributed by atoms with Crippen LogP contribution in [-0.2, 0) is 20.6 Å². The van der Waals surface area contributed by atoms with Crippen LogP contribution < -0.4 is 15.8 Å². The van der Waals surface area contributed by atoms with E-state index in [0.29, 0.717) is 11.3 Å². The van der Waals surface area contributed by atoms with Crippen LogP contribution in [-0.4, -0.2) is 32.0 Å². The quantitative estimate of drug-likeness (QED) is 0.731. The van der Waals surface area contributed by atoms with Gasteiger partial charge in [0.25, 0.3) is 0 Å². The lowest BCUT2D eigenvalue weighted by atomic mass is 10.2. The molecule has 1 unspecified atom stereocenters. The third kappa shape index (κ3) is 4.50. The number of benzene rings is 1. The lowest BCUT2D eigenvalue weighted by molar-refractivity contribution is -0.117. The van der Waals surface area contributed by atoms with Crippen molar-refractivity contribution < 1.29 is 13.2 Å². The van der Waals surface area contributed by atoms with Gasteiger partial charge in [-0.1, -0.05) is 12.1 Å². The predicted octanol–water partition coefficient (Wildman–Crippen LogP) is 0.0761. The number of rotatable bonds is 4. The first-order valence-corrected chi connectivity index (χ1v) is 8.52. The van der Waals surface area contributed by atoms with Crippen LogP contribution in [0, 0.1) is 0 Å². The van der Waals surface area contributed by atoms with E-state index in [1.54, 1.807) is 36.0 Å². The molecule has 1 heterocycles. The highest BCUT2D eigenvalue weighted by molar-refractivity contribution is 7.99. The molecule has 1 atom stereocenters. The molecule has 19 heavy (non-hydrogen) atoms. The number of anilines is 1. The number of carbonyl (C=O) groups is 1. The Bertz CT molecular complexity index is 551. The summed E-state index contributed by atoms with van der Waals surface area (Å²) in [6.07, 6.45) is 0. The first-order valence-electron chi connectivity index (χ1n) is 5.65. The van der Waals surface area contributed by atoms with Crippen molar-refractivity contribution in [2.75, 3.05) is 16.9 Å². The van der Waals surface area contributed by atoms with E-state index in [0.717, 1.165) is 11.6 Å². The van der Waals surface area contributed by atoms with E-state index in [1.807, 2.05) is 0 Å². The van der Waals surface area contributed by atoms with Gasteiger partial charge in [0.2, 0.25) is 15.9 Å². The number of primary sulfonamides is 1. The van der Waals surface area contributed by atoms with Gasteiger partial charge in [0, 0.05) is 17.3 Å². The number of nitrogens with one attached hydrogen (secondary N) is 2. The average molecular weight is 301 g/mol. The highest BCUT2D eigenvalue weighted by Gasteiger charge is 2.22. The van der Waals surface area contributed by atoms with E-state index in [1.165, 1.54) is 0 Å². The van der Waals surface area contributed by atoms with Crippen LogP contribution >= 0.6 is 11.8 Å². The van der Waals surface area contributed by atoms with Crippen LogP contribution in [0.5, 0.6) is 0 Å². The minimum Gasteiger partial charge on any atom is -0.325 e. The molecule has 1 amide bonds. The molecule has 0 saturated carbocycles. The zero-order valence-corrected chi connectivity index (χ0v) is 11.8. The summed E-state index contributed by atoms with van der Waals surface area (Å²) in [5.74, 6) is 1.26. The molecule has 0 aromatic heterocycles. The van der Waals surface area contributed by atoms with Crippen molar-refractivity contribution in [1.82, 2.24) is 5.32 Å². The molecule has 2 rings (SSSR count). The van der Waals surface area contributed by atoms with Gasteiger partial charge in [-0.3, -0.25) is 10.1 Å². The largest absolute Gasteiger partial charge is 0.325 e. The van der Waals surface area contributed by atoms with Crippen molar-refractivity contribution in [2.45, 2.75) is 11.8 Å². The van der Waals surface area contributed by atoms with Crippen LogP contribution in [0.2, 0.25) is 0 Å². The van der Waals surface area contributed by atoms with Crippen molar-refractivity contribution in [1.29, 1.82) is 0 Å². The normalized spacial score (nSPS) is 19.3. The van der Waals surface area contributed by atoms with Crippen LogP contribution in [0.1, 0.15) is 5.56 Å². The number of hydrogen-bond donors (Lipinski definition) is 3. The van der Waals surface area contributed by atoms with Crippen LogP contribution in [0.3, 0.4) is 0 Å². The van der Waals surface area contributed by atoms with Crippen molar-refractivity contribution in [3.63, 3.8) is 0 Å². The molecule has 1 aliphatic rings. The van der Waals surface area contributed by atoms with Gasteiger partial charge in [-0.2, -0.15) is 0 Å². The summed E-state index contributed by atoms with van der Waals surface area (Å²) >= 11 is 1.68. The van der Waals surface area contributed by atoms with E-state index in [-0.39, 0.29) is 17.7 Å². The fourth-order valence-corrected chi connectivity index (χ4v) is 3.31. The molecule has 1 saturated heterocycles. The van der Waals surface area contributed by atoms with Gasteiger partial charge in [0.05, 0.1) is 11.8 Å². The zero-order valence-electron chi connectivity index (χ0n) is 10.1. The second-order valence-electron chi connectivity index (χ2n) is 4.27. The van der Waals surface area contributed by atoms with E-state index in [4.69, 9.17) is 5.14 Å². The maximum atomic E-state index is 11.8. The number of nitrogens with two attached hydrogens (primary N) is 1. The topological polar surface area (TPSA) is 101 Å². The smallest absolute Gasteiger partial charge is 0.242 e. The van der Waals surface area contributed by atoms with Crippen molar-refractivity contribution in [3.8, 4) is 0 Å². The second kappa shape index (κ2) is 5.91. The molecule has 1 fully saturated rings. The average Bonchev–Trinajstić information content (AvgIpc) is 2.83. The Morgan fingerprint density at radius 2 is 2.11 bits per heavy atom. The van der Waals surface area contributed by atoms with Gasteiger partial charge in [-0.05, 0) is 17.7 Å². The summed E-state index contributed by atoms with van der Waals surface area (Å²) in [6.45, 7) is 0. The molecule has 8 heteroatoms. The molecular formula is C11H15N3O3S2. The number of thioether (sulfide) groups is 1. The summed E-state index contributed by atoms with van der Waals surface area (Å²) in [4.78, 5) is 11.8. The van der Waals surface area contributed by atoms with E-state index in [9.17, 15) is 13.2 Å². The van der Waals surface area contributed by atoms with Gasteiger partial charge >= 0.3 is 0 Å². The summed E-state index contributed by atoms with van der Waals surface area (Å²) in [6, 6.07) is 6.43. The first-order chi connectivity index (χ1) is 8.94. The van der Waals surface area contributed by atoms with Crippen LogP contribution in [0.25, 0.3) is 0 Å². The Labute approximate surface area is 116 Å². The van der Waals surface area contributed by atoms with Crippen LogP contribution in [0.15, 0.2) is 24.3 Å². The number of hydrogen-bond acceptors (Lipinski definition) is 5. The van der Waals surface area contributed by atoms with Gasteiger partial charge in [0.1, 0.15) is 0 Å². The molecule has 0 aliphatic carbocycles. The SMILES string of the molecule is NS(=O)(=O)Cc1ccc(NC(=O)C2CSCN2)cc1. The highest BCUT2D eigenvalue weighted by Crippen LogP contribution is 2.14. The Morgan fingerprint density at radius 1 is 1.42 bits per heavy atom. The van der Waals surface area contributed by atoms with Crippen molar-refractivity contribution in [2.24, 2.45) is 5.14 Å². The van der Waals surface area contributed by atoms with Gasteiger partial charge < -0.3 is 5.32 Å². The first kappa shape index (κ1) is 14.3. The maximum Gasteiger partial charge on any atom is 0.242 e. The minimum absolute atomic E-state index is 0.0794. The Morgan fingerprint density at radius 3 is 2.63 bits per heavy atom. The van der Waals surface area contributed by atoms with Crippen molar-refractivity contribution in [3.05, 3.63) is 29.8 Å². The molecule has 0 spiro atoms. The number of sulfonamides is 1. The highest BCUT2D eigenvalue weighted by atomic mass is 32.2. The second-order valence-corrected chi connectivity index (χ2v) is 6.91. The van der Waals surface area contributed by atoms with Gasteiger partial charge in [-0.25, -0.2) is 13.6 Å². The molecule has 4 N–H and O–H groups in total. The molecule has 1 aromatic rings. The fraction of sp³-hybridized carbons (Fsp3) is 0.364. The van der Waals surface area contributed by atoms with E-state index < -0.39 is 10.0 Å². The van der Waals surface area contributed by atoms with Crippen LogP contribution in [0.4, 0.5) is 5.69 Å². The Balaban J connectivity index is 1.96. The zero-order chi connectivity index (χ0) is 13.9. The van der Waals surface area contributed by atoms with Crippen molar-refractivity contribution >= 4 is 33.4 Å². The van der Waals surface area contributed by atoms with E-state index in [2.05, 4.69) is 10.6 Å². The summed E-state index contributed by atoms with van der Waals surface area (Å²) in [5.41, 5.74) is 1.23. The minimum atomic E-state index is -3.53. The van der Waals surface area contributed by atoms with Gasteiger partial charge in [-0.15, -0.1) is 11.8 Å². The predicted molar refractivity (Wildman–Crippen MR) is 76.1 cm³/mol. The Kier molecular flexibility index (Phi) is 4.46. The standard InChI is InChI=1S/C11H15N3O3S2/c12-19(16,17)6-8-1-3-9(4-2-8)14-11(15)10-5-18-7-13-10/h1-4,10,13H,5-7H2,(H,14,15)(H2,12,16,17). The number of carbonyl (C=O) groups excluding carboxylic acids is 1. The monoisotopic (exact) mass is 301 g/mol. The molecule has 0 bridgehead atoms. The summed E-state index contributed by atoms with van der Waals surface area (Å²) in [7, 11) is -3.53. The molecular weight excluding hydrogens is 286 g/mol. The van der Waals surface area contributed by atoms with Gasteiger partial charge in [0.15, 0.2) is 0 Å². The third-order valence-electron chi connectivity index (χ3n) is 2.62. The number of amides is 1.